The summed E-state index contributed by atoms with van der Waals surface area (Å²) in [5.74, 6) is 0.0231. The highest BCUT2D eigenvalue weighted by Crippen LogP contribution is 2.31. The molecule has 0 bridgehead atoms. The third-order valence-corrected chi connectivity index (χ3v) is 7.38. The molecule has 1 heterocycles. The van der Waals surface area contributed by atoms with Crippen LogP contribution in [-0.4, -0.2) is 21.2 Å². The van der Waals surface area contributed by atoms with Crippen LogP contribution in [0.2, 0.25) is 10.0 Å². The first-order valence-corrected chi connectivity index (χ1v) is 12.2. The molecule has 166 valence electrons. The largest absolute Gasteiger partial charge is 0.349 e. The Labute approximate surface area is 204 Å². The normalized spacial score (nSPS) is 14.9. The van der Waals surface area contributed by atoms with Gasteiger partial charge in [-0.05, 0) is 54.3 Å². The molecule has 0 fully saturated rings. The van der Waals surface area contributed by atoms with E-state index in [4.69, 9.17) is 23.2 Å². The van der Waals surface area contributed by atoms with Gasteiger partial charge in [-0.2, -0.15) is 0 Å². The summed E-state index contributed by atoms with van der Waals surface area (Å²) < 4.78 is 1.48. The van der Waals surface area contributed by atoms with Crippen molar-refractivity contribution in [2.45, 2.75) is 24.0 Å². The molecule has 0 saturated heterocycles. The van der Waals surface area contributed by atoms with E-state index in [0.717, 1.165) is 12.8 Å². The Kier molecular flexibility index (Phi) is 6.15. The smallest absolute Gasteiger partial charge is 0.266 e. The van der Waals surface area contributed by atoms with Crippen LogP contribution in [0.5, 0.6) is 0 Å². The number of carbonyl (C=O) groups excluding carboxylic acids is 1. The average Bonchev–Trinajstić information content (AvgIpc) is 3.22. The van der Waals surface area contributed by atoms with Gasteiger partial charge in [-0.3, -0.25) is 14.2 Å². The number of hydrogen-bond donors (Lipinski definition) is 1. The zero-order valence-electron chi connectivity index (χ0n) is 17.4. The summed E-state index contributed by atoms with van der Waals surface area (Å²) in [7, 11) is 0. The van der Waals surface area contributed by atoms with E-state index in [1.165, 1.54) is 27.5 Å². The Hall–Kier alpha value is -2.80. The second-order valence-corrected chi connectivity index (χ2v) is 9.55. The first-order chi connectivity index (χ1) is 16.0. The van der Waals surface area contributed by atoms with Crippen LogP contribution in [-0.2, 0) is 11.2 Å². The van der Waals surface area contributed by atoms with Crippen LogP contribution in [0.25, 0.3) is 16.6 Å². The van der Waals surface area contributed by atoms with E-state index in [1.54, 1.807) is 36.4 Å². The van der Waals surface area contributed by atoms with E-state index in [9.17, 15) is 9.59 Å². The quantitative estimate of drug-likeness (QED) is 0.289. The summed E-state index contributed by atoms with van der Waals surface area (Å²) in [4.78, 5) is 30.8. The minimum absolute atomic E-state index is 0.0103. The van der Waals surface area contributed by atoms with Gasteiger partial charge in [0.05, 0.1) is 38.4 Å². The fourth-order valence-electron chi connectivity index (χ4n) is 4.13. The van der Waals surface area contributed by atoms with Crippen LogP contribution in [0.15, 0.2) is 76.7 Å². The number of aryl methyl sites for hydroxylation is 1. The summed E-state index contributed by atoms with van der Waals surface area (Å²) in [6, 6.07) is 20.3. The van der Waals surface area contributed by atoms with E-state index in [0.29, 0.717) is 31.8 Å². The molecule has 5 nitrogen and oxygen atoms in total. The molecule has 1 aliphatic carbocycles. The number of nitrogens with zero attached hydrogens (tertiary/aromatic N) is 2. The Morgan fingerprint density at radius 1 is 1.06 bits per heavy atom. The second kappa shape index (κ2) is 9.21. The van der Waals surface area contributed by atoms with Crippen LogP contribution in [0.3, 0.4) is 0 Å². The van der Waals surface area contributed by atoms with Crippen LogP contribution in [0.4, 0.5) is 0 Å². The first-order valence-electron chi connectivity index (χ1n) is 10.5. The maximum atomic E-state index is 13.3. The number of aromatic nitrogens is 2. The summed E-state index contributed by atoms with van der Waals surface area (Å²) in [6.45, 7) is 0. The molecule has 1 aliphatic rings. The molecule has 1 N–H and O–H groups in total. The van der Waals surface area contributed by atoms with E-state index in [1.807, 2.05) is 18.2 Å². The van der Waals surface area contributed by atoms with Crippen molar-refractivity contribution in [2.75, 3.05) is 5.75 Å². The number of benzene rings is 3. The third kappa shape index (κ3) is 4.38. The fraction of sp³-hybridized carbons (Fsp3) is 0.160. The monoisotopic (exact) mass is 495 g/mol. The Morgan fingerprint density at radius 2 is 1.85 bits per heavy atom. The molecule has 0 spiro atoms. The minimum Gasteiger partial charge on any atom is -0.349 e. The Morgan fingerprint density at radius 3 is 2.70 bits per heavy atom. The molecule has 1 unspecified atom stereocenters. The summed E-state index contributed by atoms with van der Waals surface area (Å²) in [5, 5.41) is 4.75. The van der Waals surface area contributed by atoms with E-state index in [-0.39, 0.29) is 23.3 Å². The number of carbonyl (C=O) groups is 1. The molecule has 3 aromatic carbocycles. The van der Waals surface area contributed by atoms with Crippen molar-refractivity contribution in [3.63, 3.8) is 0 Å². The van der Waals surface area contributed by atoms with E-state index in [2.05, 4.69) is 22.4 Å². The van der Waals surface area contributed by atoms with Gasteiger partial charge in [-0.25, -0.2) is 4.98 Å². The van der Waals surface area contributed by atoms with E-state index >= 15 is 0 Å². The first kappa shape index (κ1) is 22.0. The molecule has 0 saturated carbocycles. The Balaban J connectivity index is 1.44. The topological polar surface area (TPSA) is 64.0 Å². The highest BCUT2D eigenvalue weighted by atomic mass is 35.5. The van der Waals surface area contributed by atoms with Gasteiger partial charge in [0.15, 0.2) is 5.16 Å². The lowest BCUT2D eigenvalue weighted by molar-refractivity contribution is -0.119. The zero-order valence-corrected chi connectivity index (χ0v) is 19.8. The van der Waals surface area contributed by atoms with Crippen molar-refractivity contribution in [3.8, 4) is 5.69 Å². The van der Waals surface area contributed by atoms with E-state index < -0.39 is 0 Å². The molecule has 5 rings (SSSR count). The zero-order chi connectivity index (χ0) is 22.9. The predicted molar refractivity (Wildman–Crippen MR) is 134 cm³/mol. The predicted octanol–water partition coefficient (Wildman–Crippen LogP) is 5.59. The van der Waals surface area contributed by atoms with Crippen molar-refractivity contribution in [3.05, 3.63) is 98.3 Å². The lowest BCUT2D eigenvalue weighted by Crippen LogP contribution is -2.29. The minimum atomic E-state index is -0.230. The molecular weight excluding hydrogens is 477 g/mol. The van der Waals surface area contributed by atoms with Crippen LogP contribution in [0.1, 0.15) is 23.6 Å². The summed E-state index contributed by atoms with van der Waals surface area (Å²) in [5.41, 5.74) is 3.34. The molecule has 33 heavy (non-hydrogen) atoms. The summed E-state index contributed by atoms with van der Waals surface area (Å²) in [6.07, 6.45) is 1.84. The number of halogens is 2. The van der Waals surface area contributed by atoms with Crippen LogP contribution in [0, 0.1) is 0 Å². The van der Waals surface area contributed by atoms with Gasteiger partial charge in [-0.15, -0.1) is 0 Å². The van der Waals surface area contributed by atoms with Gasteiger partial charge in [-0.1, -0.05) is 71.4 Å². The molecular formula is C25H19Cl2N3O2S. The lowest BCUT2D eigenvalue weighted by Gasteiger charge is -2.16. The van der Waals surface area contributed by atoms with Crippen LogP contribution < -0.4 is 10.9 Å². The third-order valence-electron chi connectivity index (χ3n) is 5.71. The molecule has 1 amide bonds. The number of hydrogen-bond acceptors (Lipinski definition) is 4. The summed E-state index contributed by atoms with van der Waals surface area (Å²) >= 11 is 13.5. The molecule has 0 aliphatic heterocycles. The standard InChI is InChI=1S/C25H19Cl2N3O2S/c26-19-11-10-16(13-20(19)27)30-24(32)18-7-3-4-8-21(18)29-25(30)33-14-23(31)28-22-12-9-15-5-1-2-6-17(15)22/h1-8,10-11,13,22H,9,12,14H2,(H,28,31). The second-order valence-electron chi connectivity index (χ2n) is 7.80. The maximum absolute atomic E-state index is 13.3. The van der Waals surface area contributed by atoms with Crippen LogP contribution >= 0.6 is 35.0 Å². The van der Waals surface area contributed by atoms with Gasteiger partial charge in [0.2, 0.25) is 5.91 Å². The van der Waals surface area contributed by atoms with Gasteiger partial charge in [0.1, 0.15) is 0 Å². The SMILES string of the molecule is O=C(CSc1nc2ccccc2c(=O)n1-c1ccc(Cl)c(Cl)c1)NC1CCc2ccccc21. The van der Waals surface area contributed by atoms with Crippen molar-refractivity contribution >= 4 is 51.8 Å². The number of nitrogens with one attached hydrogen (secondary N) is 1. The average molecular weight is 496 g/mol. The number of amides is 1. The van der Waals surface area contributed by atoms with Crippen molar-refractivity contribution in [1.29, 1.82) is 0 Å². The number of fused-ring (bicyclic) bond motifs is 2. The maximum Gasteiger partial charge on any atom is 0.266 e. The highest BCUT2D eigenvalue weighted by molar-refractivity contribution is 7.99. The van der Waals surface area contributed by atoms with Crippen molar-refractivity contribution in [2.24, 2.45) is 0 Å². The molecule has 1 atom stereocenters. The van der Waals surface area contributed by atoms with Gasteiger partial charge < -0.3 is 5.32 Å². The molecule has 4 aromatic rings. The van der Waals surface area contributed by atoms with Crippen molar-refractivity contribution < 1.29 is 4.79 Å². The molecule has 8 heteroatoms. The number of thioether (sulfide) groups is 1. The van der Waals surface area contributed by atoms with Crippen molar-refractivity contribution in [1.82, 2.24) is 14.9 Å². The van der Waals surface area contributed by atoms with Gasteiger partial charge in [0, 0.05) is 0 Å². The van der Waals surface area contributed by atoms with Gasteiger partial charge in [0.25, 0.3) is 5.56 Å². The van der Waals surface area contributed by atoms with Gasteiger partial charge >= 0.3 is 0 Å². The fourth-order valence-corrected chi connectivity index (χ4v) is 5.25. The molecule has 1 aromatic heterocycles. The highest BCUT2D eigenvalue weighted by Gasteiger charge is 2.24. The molecule has 0 radical (unpaired) electrons. The lowest BCUT2D eigenvalue weighted by atomic mass is 10.1. The number of para-hydroxylation sites is 1. The number of rotatable bonds is 5. The Bertz CT molecular complexity index is 1440.